The summed E-state index contributed by atoms with van der Waals surface area (Å²) in [4.78, 5) is 0. The molecule has 0 saturated carbocycles. The normalized spacial score (nSPS) is 9.69. The Labute approximate surface area is 82.7 Å². The lowest BCUT2D eigenvalue weighted by Gasteiger charge is -1.99. The van der Waals surface area contributed by atoms with Crippen molar-refractivity contribution in [3.05, 3.63) is 0 Å². The van der Waals surface area contributed by atoms with Crippen LogP contribution >= 0.6 is 0 Å². The van der Waals surface area contributed by atoms with Gasteiger partial charge in [0.25, 0.3) is 0 Å². The van der Waals surface area contributed by atoms with Crippen molar-refractivity contribution < 1.29 is 10.6 Å². The van der Waals surface area contributed by atoms with Gasteiger partial charge in [-0.2, -0.15) is 0 Å². The molecule has 0 unspecified atom stereocenters. The molecule has 0 heterocycles. The van der Waals surface area contributed by atoms with Crippen molar-refractivity contribution in [1.29, 1.82) is 0 Å². The first-order valence-corrected chi connectivity index (χ1v) is 5.52. The van der Waals surface area contributed by atoms with Gasteiger partial charge in [-0.3, -0.25) is 0 Å². The first kappa shape index (κ1) is 15.4. The Morgan fingerprint density at radius 1 is 0.692 bits per heavy atom. The molecule has 0 aromatic carbocycles. The second-order valence-electron chi connectivity index (χ2n) is 3.55. The average molecular weight is 190 g/mol. The lowest BCUT2D eigenvalue weighted by molar-refractivity contribution is 0.282. The van der Waals surface area contributed by atoms with E-state index in [4.69, 9.17) is 5.11 Å². The zero-order valence-electron chi connectivity index (χ0n) is 9.02. The van der Waals surface area contributed by atoms with Crippen LogP contribution in [0, 0.1) is 0 Å². The fraction of sp³-hybridized carbons (Fsp3) is 1.00. The monoisotopic (exact) mass is 190 g/mol. The molecule has 0 spiro atoms. The minimum Gasteiger partial charge on any atom is -0.412 e. The van der Waals surface area contributed by atoms with Crippen LogP contribution in [0.4, 0.5) is 0 Å². The molecule has 2 nitrogen and oxygen atoms in total. The van der Waals surface area contributed by atoms with Gasteiger partial charge in [-0.15, -0.1) is 0 Å². The number of hydrogen-bond donors (Lipinski definition) is 1. The van der Waals surface area contributed by atoms with E-state index < -0.39 is 0 Å². The maximum atomic E-state index is 8.54. The summed E-state index contributed by atoms with van der Waals surface area (Å²) in [6.07, 6.45) is 11.8. The lowest BCUT2D eigenvalue weighted by Crippen LogP contribution is -1.84. The lowest BCUT2D eigenvalue weighted by atomic mass is 10.1. The Bertz CT molecular complexity index is 64.5. The summed E-state index contributed by atoms with van der Waals surface area (Å²) in [6.45, 7) is 2.62. The van der Waals surface area contributed by atoms with E-state index in [0.717, 1.165) is 6.42 Å². The maximum Gasteiger partial charge on any atom is 0.0431 e. The highest BCUT2D eigenvalue weighted by molar-refractivity contribution is 4.45. The molecule has 0 aliphatic rings. The van der Waals surface area contributed by atoms with Crippen molar-refractivity contribution in [3.63, 3.8) is 0 Å². The maximum absolute atomic E-state index is 8.54. The highest BCUT2D eigenvalue weighted by Crippen LogP contribution is 2.08. The van der Waals surface area contributed by atoms with Gasteiger partial charge >= 0.3 is 0 Å². The first-order valence-electron chi connectivity index (χ1n) is 5.52. The van der Waals surface area contributed by atoms with Gasteiger partial charge in [0.2, 0.25) is 0 Å². The van der Waals surface area contributed by atoms with E-state index in [9.17, 15) is 0 Å². The predicted octanol–water partition coefficient (Wildman–Crippen LogP) is 2.68. The quantitative estimate of drug-likeness (QED) is 0.558. The van der Waals surface area contributed by atoms with Crippen molar-refractivity contribution in [2.45, 2.75) is 64.7 Å². The van der Waals surface area contributed by atoms with E-state index >= 15 is 0 Å². The molecular weight excluding hydrogens is 164 g/mol. The molecular formula is C11H26O2. The fourth-order valence-electron chi connectivity index (χ4n) is 1.42. The molecule has 3 N–H and O–H groups in total. The van der Waals surface area contributed by atoms with Crippen LogP contribution in [0.15, 0.2) is 0 Å². The molecule has 0 atom stereocenters. The highest BCUT2D eigenvalue weighted by Gasteiger charge is 1.90. The SMILES string of the molecule is CCCCCCCCCCCO.O. The predicted molar refractivity (Wildman–Crippen MR) is 57.9 cm³/mol. The molecule has 0 saturated heterocycles. The summed E-state index contributed by atoms with van der Waals surface area (Å²) in [7, 11) is 0. The minimum atomic E-state index is 0. The number of unbranched alkanes of at least 4 members (excludes halogenated alkanes) is 8. The molecule has 0 aromatic heterocycles. The molecule has 0 amide bonds. The topological polar surface area (TPSA) is 51.7 Å². The van der Waals surface area contributed by atoms with Crippen LogP contribution in [0.5, 0.6) is 0 Å². The molecule has 0 aromatic rings. The largest absolute Gasteiger partial charge is 0.412 e. The van der Waals surface area contributed by atoms with E-state index in [1.165, 1.54) is 51.4 Å². The van der Waals surface area contributed by atoms with Crippen LogP contribution in [0.3, 0.4) is 0 Å². The summed E-state index contributed by atoms with van der Waals surface area (Å²) < 4.78 is 0. The van der Waals surface area contributed by atoms with Gasteiger partial charge in [0.05, 0.1) is 0 Å². The Hall–Kier alpha value is -0.0800. The van der Waals surface area contributed by atoms with E-state index in [1.807, 2.05) is 0 Å². The van der Waals surface area contributed by atoms with Gasteiger partial charge in [0.15, 0.2) is 0 Å². The number of aliphatic hydroxyl groups excluding tert-OH is 1. The second kappa shape index (κ2) is 14.4. The summed E-state index contributed by atoms with van der Waals surface area (Å²) >= 11 is 0. The van der Waals surface area contributed by atoms with Crippen LogP contribution in [-0.2, 0) is 0 Å². The van der Waals surface area contributed by atoms with Crippen molar-refractivity contribution in [2.24, 2.45) is 0 Å². The van der Waals surface area contributed by atoms with Gasteiger partial charge in [-0.05, 0) is 6.42 Å². The van der Waals surface area contributed by atoms with Crippen molar-refractivity contribution >= 4 is 0 Å². The summed E-state index contributed by atoms with van der Waals surface area (Å²) in [5, 5.41) is 8.54. The van der Waals surface area contributed by atoms with Crippen molar-refractivity contribution in [3.8, 4) is 0 Å². The van der Waals surface area contributed by atoms with Crippen LogP contribution < -0.4 is 0 Å². The third-order valence-corrected chi connectivity index (χ3v) is 2.26. The Morgan fingerprint density at radius 3 is 1.46 bits per heavy atom. The molecule has 0 bridgehead atoms. The summed E-state index contributed by atoms with van der Waals surface area (Å²) in [6, 6.07) is 0. The minimum absolute atomic E-state index is 0. The van der Waals surface area contributed by atoms with Crippen LogP contribution in [0.2, 0.25) is 0 Å². The zero-order chi connectivity index (χ0) is 9.07. The highest BCUT2D eigenvalue weighted by atomic mass is 16.2. The number of hydrogen-bond acceptors (Lipinski definition) is 1. The van der Waals surface area contributed by atoms with Gasteiger partial charge in [0.1, 0.15) is 0 Å². The second-order valence-corrected chi connectivity index (χ2v) is 3.55. The van der Waals surface area contributed by atoms with E-state index in [2.05, 4.69) is 6.92 Å². The molecule has 2 heteroatoms. The fourth-order valence-corrected chi connectivity index (χ4v) is 1.42. The van der Waals surface area contributed by atoms with Crippen LogP contribution in [0.25, 0.3) is 0 Å². The average Bonchev–Trinajstić information content (AvgIpc) is 2.10. The smallest absolute Gasteiger partial charge is 0.0431 e. The van der Waals surface area contributed by atoms with E-state index in [0.29, 0.717) is 6.61 Å². The zero-order valence-corrected chi connectivity index (χ0v) is 9.02. The Kier molecular flexibility index (Phi) is 17.1. The van der Waals surface area contributed by atoms with Gasteiger partial charge < -0.3 is 10.6 Å². The summed E-state index contributed by atoms with van der Waals surface area (Å²) in [5.41, 5.74) is 0. The molecule has 13 heavy (non-hydrogen) atoms. The third-order valence-electron chi connectivity index (χ3n) is 2.26. The summed E-state index contributed by atoms with van der Waals surface area (Å²) in [5.74, 6) is 0. The van der Waals surface area contributed by atoms with E-state index in [1.54, 1.807) is 0 Å². The number of aliphatic hydroxyl groups is 1. The standard InChI is InChI=1S/C11H24O.H2O/c1-2-3-4-5-6-7-8-9-10-11-12;/h12H,2-11H2,1H3;1H2. The molecule has 0 radical (unpaired) electrons. The molecule has 82 valence electrons. The molecule has 0 fully saturated rings. The van der Waals surface area contributed by atoms with Gasteiger partial charge in [0, 0.05) is 6.61 Å². The molecule has 0 aliphatic carbocycles. The number of rotatable bonds is 9. The Balaban J connectivity index is 0. The van der Waals surface area contributed by atoms with Crippen LogP contribution in [0.1, 0.15) is 64.7 Å². The van der Waals surface area contributed by atoms with Crippen molar-refractivity contribution in [2.75, 3.05) is 6.61 Å². The first-order chi connectivity index (χ1) is 5.91. The van der Waals surface area contributed by atoms with Gasteiger partial charge in [-0.1, -0.05) is 58.3 Å². The molecule has 0 aliphatic heterocycles. The molecule has 0 rings (SSSR count). The third kappa shape index (κ3) is 14.7. The van der Waals surface area contributed by atoms with Crippen molar-refractivity contribution in [1.82, 2.24) is 0 Å². The van der Waals surface area contributed by atoms with E-state index in [-0.39, 0.29) is 5.48 Å². The van der Waals surface area contributed by atoms with Crippen LogP contribution in [-0.4, -0.2) is 17.2 Å². The van der Waals surface area contributed by atoms with Gasteiger partial charge in [-0.25, -0.2) is 0 Å². The Morgan fingerprint density at radius 2 is 1.08 bits per heavy atom.